The first-order valence-electron chi connectivity index (χ1n) is 6.13. The van der Waals surface area contributed by atoms with Crippen molar-refractivity contribution >= 4 is 22.7 Å². The molecule has 0 amide bonds. The molecule has 0 bridgehead atoms. The lowest BCUT2D eigenvalue weighted by molar-refractivity contribution is 1.04. The molecule has 3 aromatic rings. The summed E-state index contributed by atoms with van der Waals surface area (Å²) < 4.78 is 0. The van der Waals surface area contributed by atoms with Gasteiger partial charge >= 0.3 is 0 Å². The summed E-state index contributed by atoms with van der Waals surface area (Å²) >= 11 is 3.51. The first kappa shape index (κ1) is 12.5. The van der Waals surface area contributed by atoms with Crippen molar-refractivity contribution in [3.05, 3.63) is 62.6 Å². The molecule has 4 heteroatoms. The number of aromatic nitrogens is 1. The molecule has 96 valence electrons. The van der Waals surface area contributed by atoms with Crippen molar-refractivity contribution in [2.45, 2.75) is 13.0 Å². The highest BCUT2D eigenvalue weighted by molar-refractivity contribution is 7.12. The van der Waals surface area contributed by atoms with E-state index in [4.69, 9.17) is 5.73 Å². The molecule has 0 spiro atoms. The van der Waals surface area contributed by atoms with Crippen LogP contribution < -0.4 is 5.73 Å². The second-order valence-electron chi connectivity index (χ2n) is 4.21. The Labute approximate surface area is 120 Å². The zero-order chi connectivity index (χ0) is 13.1. The van der Waals surface area contributed by atoms with Gasteiger partial charge in [0.1, 0.15) is 5.01 Å². The van der Waals surface area contributed by atoms with Gasteiger partial charge in [-0.25, -0.2) is 4.98 Å². The van der Waals surface area contributed by atoms with Crippen molar-refractivity contribution in [3.8, 4) is 11.3 Å². The van der Waals surface area contributed by atoms with Gasteiger partial charge in [-0.2, -0.15) is 0 Å². The third-order valence-electron chi connectivity index (χ3n) is 2.88. The monoisotopic (exact) mass is 286 g/mol. The SMILES string of the molecule is NCc1nc(-c2ccccc2)c(Cc2cccs2)s1. The number of hydrogen-bond acceptors (Lipinski definition) is 4. The summed E-state index contributed by atoms with van der Waals surface area (Å²) in [5.74, 6) is 0. The van der Waals surface area contributed by atoms with Crippen LogP contribution in [0, 0.1) is 0 Å². The molecule has 2 nitrogen and oxygen atoms in total. The zero-order valence-corrected chi connectivity index (χ0v) is 12.0. The minimum atomic E-state index is 0.509. The van der Waals surface area contributed by atoms with E-state index in [1.165, 1.54) is 15.3 Å². The van der Waals surface area contributed by atoms with Gasteiger partial charge in [0.15, 0.2) is 0 Å². The van der Waals surface area contributed by atoms with Gasteiger partial charge in [-0.05, 0) is 11.4 Å². The average molecular weight is 286 g/mol. The summed E-state index contributed by atoms with van der Waals surface area (Å²) in [4.78, 5) is 7.34. The van der Waals surface area contributed by atoms with Crippen molar-refractivity contribution in [2.75, 3.05) is 0 Å². The molecule has 0 aliphatic heterocycles. The second kappa shape index (κ2) is 5.65. The van der Waals surface area contributed by atoms with Crippen LogP contribution >= 0.6 is 22.7 Å². The van der Waals surface area contributed by atoms with Crippen LogP contribution in [-0.2, 0) is 13.0 Å². The maximum atomic E-state index is 5.73. The number of rotatable bonds is 4. The molecule has 0 saturated heterocycles. The molecule has 1 aromatic carbocycles. The molecule has 2 N–H and O–H groups in total. The predicted octanol–water partition coefficient (Wildman–Crippen LogP) is 3.92. The van der Waals surface area contributed by atoms with Crippen molar-refractivity contribution in [3.63, 3.8) is 0 Å². The van der Waals surface area contributed by atoms with Crippen LogP contribution in [0.1, 0.15) is 14.8 Å². The van der Waals surface area contributed by atoms with Gasteiger partial charge in [0, 0.05) is 28.3 Å². The van der Waals surface area contributed by atoms with Crippen LogP contribution in [0.15, 0.2) is 47.8 Å². The average Bonchev–Trinajstić information content (AvgIpc) is 3.10. The smallest absolute Gasteiger partial charge is 0.107 e. The second-order valence-corrected chi connectivity index (χ2v) is 6.41. The Morgan fingerprint density at radius 3 is 2.58 bits per heavy atom. The molecule has 0 atom stereocenters. The van der Waals surface area contributed by atoms with Crippen molar-refractivity contribution in [1.82, 2.24) is 4.98 Å². The van der Waals surface area contributed by atoms with Crippen LogP contribution in [0.5, 0.6) is 0 Å². The topological polar surface area (TPSA) is 38.9 Å². The normalized spacial score (nSPS) is 10.8. The van der Waals surface area contributed by atoms with Gasteiger partial charge in [0.05, 0.1) is 5.69 Å². The molecule has 3 rings (SSSR count). The van der Waals surface area contributed by atoms with Gasteiger partial charge in [-0.3, -0.25) is 0 Å². The number of nitrogens with zero attached hydrogens (tertiary/aromatic N) is 1. The van der Waals surface area contributed by atoms with Gasteiger partial charge in [-0.15, -0.1) is 22.7 Å². The maximum absolute atomic E-state index is 5.73. The highest BCUT2D eigenvalue weighted by Gasteiger charge is 2.13. The van der Waals surface area contributed by atoms with E-state index in [9.17, 15) is 0 Å². The van der Waals surface area contributed by atoms with Crippen molar-refractivity contribution in [1.29, 1.82) is 0 Å². The Morgan fingerprint density at radius 1 is 1.05 bits per heavy atom. The molecule has 0 unspecified atom stereocenters. The minimum Gasteiger partial charge on any atom is -0.325 e. The van der Waals surface area contributed by atoms with Crippen LogP contribution in [0.3, 0.4) is 0 Å². The van der Waals surface area contributed by atoms with E-state index in [2.05, 4.69) is 34.6 Å². The summed E-state index contributed by atoms with van der Waals surface area (Å²) in [6.07, 6.45) is 0.944. The van der Waals surface area contributed by atoms with E-state index in [-0.39, 0.29) is 0 Å². The lowest BCUT2D eigenvalue weighted by atomic mass is 10.1. The number of thiophene rings is 1. The first-order valence-corrected chi connectivity index (χ1v) is 7.83. The maximum Gasteiger partial charge on any atom is 0.107 e. The quantitative estimate of drug-likeness (QED) is 0.789. The van der Waals surface area contributed by atoms with Crippen LogP contribution in [-0.4, -0.2) is 4.98 Å². The fraction of sp³-hybridized carbons (Fsp3) is 0.133. The molecule has 0 fully saturated rings. The summed E-state index contributed by atoms with van der Waals surface area (Å²) in [6.45, 7) is 0.509. The van der Waals surface area contributed by atoms with Gasteiger partial charge in [0.25, 0.3) is 0 Å². The van der Waals surface area contributed by atoms with Gasteiger partial charge < -0.3 is 5.73 Å². The number of thiazole rings is 1. The van der Waals surface area contributed by atoms with E-state index >= 15 is 0 Å². The fourth-order valence-corrected chi connectivity index (χ4v) is 3.80. The van der Waals surface area contributed by atoms with Gasteiger partial charge in [0.2, 0.25) is 0 Å². The third kappa shape index (κ3) is 2.76. The summed E-state index contributed by atoms with van der Waals surface area (Å²) in [5.41, 5.74) is 7.99. The van der Waals surface area contributed by atoms with Crippen LogP contribution in [0.25, 0.3) is 11.3 Å². The molecule has 19 heavy (non-hydrogen) atoms. The van der Waals surface area contributed by atoms with Crippen molar-refractivity contribution in [2.24, 2.45) is 5.73 Å². The molecule has 0 saturated carbocycles. The third-order valence-corrected chi connectivity index (χ3v) is 4.83. The minimum absolute atomic E-state index is 0.509. The molecule has 0 aliphatic carbocycles. The molecule has 0 aliphatic rings. The zero-order valence-electron chi connectivity index (χ0n) is 10.4. The number of nitrogens with two attached hydrogens (primary N) is 1. The van der Waals surface area contributed by atoms with Crippen LogP contribution in [0.2, 0.25) is 0 Å². The van der Waals surface area contributed by atoms with E-state index in [1.54, 1.807) is 22.7 Å². The molecular weight excluding hydrogens is 272 g/mol. The van der Waals surface area contributed by atoms with E-state index in [0.29, 0.717) is 6.54 Å². The molecule has 0 radical (unpaired) electrons. The number of hydrogen-bond donors (Lipinski definition) is 1. The fourth-order valence-electron chi connectivity index (χ4n) is 2.00. The van der Waals surface area contributed by atoms with E-state index in [0.717, 1.165) is 17.1 Å². The summed E-state index contributed by atoms with van der Waals surface area (Å²) in [6, 6.07) is 14.6. The molecular formula is C15H14N2S2. The predicted molar refractivity (Wildman–Crippen MR) is 82.6 cm³/mol. The molecule has 2 aromatic heterocycles. The lowest BCUT2D eigenvalue weighted by Crippen LogP contribution is -1.94. The Kier molecular flexibility index (Phi) is 3.73. The highest BCUT2D eigenvalue weighted by atomic mass is 32.1. The van der Waals surface area contributed by atoms with E-state index in [1.807, 2.05) is 18.2 Å². The largest absolute Gasteiger partial charge is 0.325 e. The first-order chi connectivity index (χ1) is 9.36. The summed E-state index contributed by atoms with van der Waals surface area (Å²) in [5, 5.41) is 3.12. The molecule has 2 heterocycles. The Hall–Kier alpha value is -1.49. The Balaban J connectivity index is 2.01. The summed E-state index contributed by atoms with van der Waals surface area (Å²) in [7, 11) is 0. The van der Waals surface area contributed by atoms with Crippen molar-refractivity contribution < 1.29 is 0 Å². The van der Waals surface area contributed by atoms with Crippen LogP contribution in [0.4, 0.5) is 0 Å². The highest BCUT2D eigenvalue weighted by Crippen LogP contribution is 2.31. The standard InChI is InChI=1S/C15H14N2S2/c16-10-14-17-15(11-5-2-1-3-6-11)13(19-14)9-12-7-4-8-18-12/h1-8H,9-10,16H2. The Morgan fingerprint density at radius 2 is 1.89 bits per heavy atom. The van der Waals surface area contributed by atoms with Gasteiger partial charge in [-0.1, -0.05) is 36.4 Å². The lowest BCUT2D eigenvalue weighted by Gasteiger charge is -2.00. The Bertz CT molecular complexity index is 642. The van der Waals surface area contributed by atoms with E-state index < -0.39 is 0 Å². The number of benzene rings is 1.